The van der Waals surface area contributed by atoms with Crippen molar-refractivity contribution in [3.8, 4) is 67.3 Å². The average Bonchev–Trinajstić information content (AvgIpc) is 3.89. The van der Waals surface area contributed by atoms with E-state index in [1.165, 1.54) is 33.4 Å². The van der Waals surface area contributed by atoms with Crippen molar-refractivity contribution in [3.05, 3.63) is 253 Å². The molecule has 0 fully saturated rings. The molecule has 2 aromatic heterocycles. The molecule has 0 radical (unpaired) electrons. The number of hydrogen-bond donors (Lipinski definition) is 0. The lowest BCUT2D eigenvalue weighted by Crippen LogP contribution is -2.28. The second-order valence-corrected chi connectivity index (χ2v) is 16.0. The van der Waals surface area contributed by atoms with Gasteiger partial charge in [-0.1, -0.05) is 206 Å². The van der Waals surface area contributed by atoms with Gasteiger partial charge in [-0.25, -0.2) is 9.97 Å². The Bertz CT molecular complexity index is 3420. The quantitative estimate of drug-likeness (QED) is 0.161. The molecule has 0 unspecified atom stereocenters. The molecule has 2 heterocycles. The van der Waals surface area contributed by atoms with Gasteiger partial charge in [0, 0.05) is 33.0 Å². The van der Waals surface area contributed by atoms with Gasteiger partial charge >= 0.3 is 0 Å². The maximum absolute atomic E-state index is 6.55. The van der Waals surface area contributed by atoms with Crippen LogP contribution in [0.4, 0.5) is 0 Å². The molecule has 0 saturated heterocycles. The molecule has 0 atom stereocenters. The fourth-order valence-electron chi connectivity index (χ4n) is 9.83. The van der Waals surface area contributed by atoms with Crippen molar-refractivity contribution in [2.45, 2.75) is 5.41 Å². The van der Waals surface area contributed by atoms with Gasteiger partial charge in [0.05, 0.1) is 16.8 Å². The first-order chi connectivity index (χ1) is 30.7. The molecule has 11 aromatic rings. The van der Waals surface area contributed by atoms with E-state index in [2.05, 4.69) is 200 Å². The van der Waals surface area contributed by atoms with E-state index in [0.29, 0.717) is 5.82 Å². The van der Waals surface area contributed by atoms with Crippen LogP contribution in [0.2, 0.25) is 0 Å². The Morgan fingerprint density at radius 1 is 0.323 bits per heavy atom. The Morgan fingerprint density at radius 2 is 0.871 bits per heavy atom. The summed E-state index contributed by atoms with van der Waals surface area (Å²) in [6.07, 6.45) is 0. The standard InChI is InChI=1S/C59H38N2O/c1-4-18-39(19-5-1)58-60-54(38-55(61-58)48-28-11-10-26-45(48)50-30-17-31-51-49-29-13-15-33-56(49)62-57(50)51)42-21-16-20-40(36-42)41-34-35-47-46-27-12-14-32-52(46)59(53(47)37-41,43-22-6-2-7-23-43)44-24-8-3-9-25-44/h1-38H. The summed E-state index contributed by atoms with van der Waals surface area (Å²) in [5.41, 5.74) is 17.9. The van der Waals surface area contributed by atoms with Gasteiger partial charge in [0.2, 0.25) is 0 Å². The maximum atomic E-state index is 6.55. The van der Waals surface area contributed by atoms with E-state index in [9.17, 15) is 0 Å². The minimum Gasteiger partial charge on any atom is -0.455 e. The van der Waals surface area contributed by atoms with Crippen LogP contribution in [0.3, 0.4) is 0 Å². The van der Waals surface area contributed by atoms with Gasteiger partial charge in [-0.2, -0.15) is 0 Å². The van der Waals surface area contributed by atoms with Crippen LogP contribution in [0.5, 0.6) is 0 Å². The van der Waals surface area contributed by atoms with E-state index >= 15 is 0 Å². The molecule has 9 aromatic carbocycles. The zero-order chi connectivity index (χ0) is 41.0. The maximum Gasteiger partial charge on any atom is 0.160 e. The molecule has 3 nitrogen and oxygen atoms in total. The first-order valence-corrected chi connectivity index (χ1v) is 21.1. The second-order valence-electron chi connectivity index (χ2n) is 16.0. The second kappa shape index (κ2) is 14.5. The highest BCUT2D eigenvalue weighted by atomic mass is 16.3. The van der Waals surface area contributed by atoms with Crippen molar-refractivity contribution in [1.29, 1.82) is 0 Å². The molecular formula is C59H38N2O. The van der Waals surface area contributed by atoms with Gasteiger partial charge in [0.15, 0.2) is 5.82 Å². The van der Waals surface area contributed by atoms with Crippen LogP contribution in [0, 0.1) is 0 Å². The SMILES string of the molecule is c1ccc(-c2nc(-c3cccc(-c4ccc5c(c4)C(c4ccccc4)(c4ccccc4)c4ccccc4-5)c3)cc(-c3ccccc3-c3cccc4c3oc3ccccc34)n2)cc1. The lowest BCUT2D eigenvalue weighted by molar-refractivity contribution is 0.670. The van der Waals surface area contributed by atoms with E-state index in [0.717, 1.165) is 72.3 Å². The molecule has 0 N–H and O–H groups in total. The summed E-state index contributed by atoms with van der Waals surface area (Å²) in [6.45, 7) is 0. The largest absolute Gasteiger partial charge is 0.455 e. The highest BCUT2D eigenvalue weighted by molar-refractivity contribution is 6.10. The lowest BCUT2D eigenvalue weighted by Gasteiger charge is -2.34. The number of furan rings is 1. The highest BCUT2D eigenvalue weighted by Crippen LogP contribution is 2.56. The van der Waals surface area contributed by atoms with Crippen molar-refractivity contribution < 1.29 is 4.42 Å². The average molecular weight is 791 g/mol. The van der Waals surface area contributed by atoms with Crippen molar-refractivity contribution in [3.63, 3.8) is 0 Å². The van der Waals surface area contributed by atoms with Crippen LogP contribution in [0.15, 0.2) is 235 Å². The van der Waals surface area contributed by atoms with E-state index < -0.39 is 5.41 Å². The zero-order valence-corrected chi connectivity index (χ0v) is 33.7. The number of nitrogens with zero attached hydrogens (tertiary/aromatic N) is 2. The summed E-state index contributed by atoms with van der Waals surface area (Å²) >= 11 is 0. The van der Waals surface area contributed by atoms with Gasteiger partial charge < -0.3 is 4.42 Å². The summed E-state index contributed by atoms with van der Waals surface area (Å²) in [6, 6.07) is 82.2. The van der Waals surface area contributed by atoms with Crippen LogP contribution in [-0.4, -0.2) is 9.97 Å². The summed E-state index contributed by atoms with van der Waals surface area (Å²) in [5, 5.41) is 2.20. The number of benzene rings is 9. The molecule has 0 amide bonds. The molecule has 1 aliphatic carbocycles. The molecule has 0 aliphatic heterocycles. The van der Waals surface area contributed by atoms with E-state index in [-0.39, 0.29) is 0 Å². The first kappa shape index (κ1) is 35.8. The Balaban J connectivity index is 1.02. The number of fused-ring (bicyclic) bond motifs is 6. The summed E-state index contributed by atoms with van der Waals surface area (Å²) in [4.78, 5) is 10.6. The monoisotopic (exact) mass is 790 g/mol. The Kier molecular flexibility index (Phi) is 8.39. The molecule has 0 spiro atoms. The Labute approximate surface area is 360 Å². The molecule has 0 bridgehead atoms. The third-order valence-electron chi connectivity index (χ3n) is 12.6. The topological polar surface area (TPSA) is 38.9 Å². The Hall–Kier alpha value is -8.14. The van der Waals surface area contributed by atoms with E-state index in [4.69, 9.17) is 14.4 Å². The van der Waals surface area contributed by atoms with Crippen LogP contribution in [-0.2, 0) is 5.41 Å². The summed E-state index contributed by atoms with van der Waals surface area (Å²) in [5.74, 6) is 0.672. The summed E-state index contributed by atoms with van der Waals surface area (Å²) in [7, 11) is 0. The fraction of sp³-hybridized carbons (Fsp3) is 0.0169. The molecule has 0 saturated carbocycles. The molecule has 12 rings (SSSR count). The van der Waals surface area contributed by atoms with Gasteiger partial charge in [0.25, 0.3) is 0 Å². The Morgan fingerprint density at radius 3 is 1.66 bits per heavy atom. The van der Waals surface area contributed by atoms with Crippen LogP contribution in [0.1, 0.15) is 22.3 Å². The van der Waals surface area contributed by atoms with Crippen molar-refractivity contribution in [1.82, 2.24) is 9.97 Å². The molecule has 290 valence electrons. The van der Waals surface area contributed by atoms with Crippen molar-refractivity contribution in [2.24, 2.45) is 0 Å². The number of rotatable bonds is 7. The van der Waals surface area contributed by atoms with E-state index in [1.54, 1.807) is 0 Å². The van der Waals surface area contributed by atoms with E-state index in [1.807, 2.05) is 30.3 Å². The minimum atomic E-state index is -0.478. The predicted molar refractivity (Wildman–Crippen MR) is 254 cm³/mol. The van der Waals surface area contributed by atoms with Gasteiger partial charge in [0.1, 0.15) is 11.2 Å². The summed E-state index contributed by atoms with van der Waals surface area (Å²) < 4.78 is 6.55. The van der Waals surface area contributed by atoms with Gasteiger partial charge in [-0.3, -0.25) is 0 Å². The lowest BCUT2D eigenvalue weighted by atomic mass is 9.67. The smallest absolute Gasteiger partial charge is 0.160 e. The van der Waals surface area contributed by atoms with Gasteiger partial charge in [-0.05, 0) is 74.3 Å². The normalized spacial score (nSPS) is 12.6. The molecule has 62 heavy (non-hydrogen) atoms. The molecular weight excluding hydrogens is 753 g/mol. The number of para-hydroxylation sites is 2. The highest BCUT2D eigenvalue weighted by Gasteiger charge is 2.46. The third-order valence-corrected chi connectivity index (χ3v) is 12.6. The predicted octanol–water partition coefficient (Wildman–Crippen LogP) is 15.1. The van der Waals surface area contributed by atoms with Crippen molar-refractivity contribution >= 4 is 21.9 Å². The minimum absolute atomic E-state index is 0.478. The van der Waals surface area contributed by atoms with Crippen LogP contribution in [0.25, 0.3) is 89.2 Å². The van der Waals surface area contributed by atoms with Crippen molar-refractivity contribution in [2.75, 3.05) is 0 Å². The number of hydrogen-bond acceptors (Lipinski definition) is 3. The first-order valence-electron chi connectivity index (χ1n) is 21.1. The van der Waals surface area contributed by atoms with Gasteiger partial charge in [-0.15, -0.1) is 0 Å². The zero-order valence-electron chi connectivity index (χ0n) is 33.7. The fourth-order valence-corrected chi connectivity index (χ4v) is 9.83. The number of aromatic nitrogens is 2. The van der Waals surface area contributed by atoms with Crippen LogP contribution < -0.4 is 0 Å². The van der Waals surface area contributed by atoms with Crippen LogP contribution >= 0.6 is 0 Å². The molecule has 1 aliphatic rings. The third kappa shape index (κ3) is 5.67. The molecule has 3 heteroatoms.